The standard InChI is InChI=1S/C12H17NO.ClH/c1-9-8-11(14)2-3-12(9)10-4-6-13-7-5-10;/h2-3,8,10,13-14H,4-7H2,1H3;1H. The summed E-state index contributed by atoms with van der Waals surface area (Å²) in [5.74, 6) is 1.05. The molecule has 1 aliphatic heterocycles. The molecular formula is C12H18ClNO. The van der Waals surface area contributed by atoms with E-state index in [1.165, 1.54) is 24.0 Å². The van der Waals surface area contributed by atoms with Crippen molar-refractivity contribution in [2.75, 3.05) is 13.1 Å². The van der Waals surface area contributed by atoms with Crippen LogP contribution in [0.3, 0.4) is 0 Å². The number of halogens is 1. The average molecular weight is 228 g/mol. The van der Waals surface area contributed by atoms with Gasteiger partial charge in [0, 0.05) is 0 Å². The number of hydrogen-bond acceptors (Lipinski definition) is 2. The van der Waals surface area contributed by atoms with Gasteiger partial charge in [-0.15, -0.1) is 12.4 Å². The van der Waals surface area contributed by atoms with Crippen LogP contribution < -0.4 is 5.32 Å². The maximum Gasteiger partial charge on any atom is 0.115 e. The van der Waals surface area contributed by atoms with Gasteiger partial charge in [0.25, 0.3) is 0 Å². The SMILES string of the molecule is Cc1cc(O)ccc1C1CCNCC1.Cl. The molecule has 1 fully saturated rings. The van der Waals surface area contributed by atoms with Gasteiger partial charge in [0.1, 0.15) is 5.75 Å². The lowest BCUT2D eigenvalue weighted by Gasteiger charge is -2.24. The lowest BCUT2D eigenvalue weighted by molar-refractivity contribution is 0.455. The van der Waals surface area contributed by atoms with Crippen LogP contribution in [0.2, 0.25) is 0 Å². The number of rotatable bonds is 1. The van der Waals surface area contributed by atoms with Gasteiger partial charge >= 0.3 is 0 Å². The van der Waals surface area contributed by atoms with Crippen molar-refractivity contribution >= 4 is 12.4 Å². The van der Waals surface area contributed by atoms with E-state index in [9.17, 15) is 5.11 Å². The lowest BCUT2D eigenvalue weighted by atomic mass is 9.87. The van der Waals surface area contributed by atoms with E-state index in [4.69, 9.17) is 0 Å². The van der Waals surface area contributed by atoms with Crippen LogP contribution in [0.4, 0.5) is 0 Å². The molecule has 2 nitrogen and oxygen atoms in total. The Morgan fingerprint density at radius 2 is 1.93 bits per heavy atom. The number of phenolic OH excluding ortho intramolecular Hbond substituents is 1. The summed E-state index contributed by atoms with van der Waals surface area (Å²) in [6.45, 7) is 4.31. The second kappa shape index (κ2) is 5.38. The third-order valence-corrected chi connectivity index (χ3v) is 3.03. The summed E-state index contributed by atoms with van der Waals surface area (Å²) in [5, 5.41) is 12.7. The summed E-state index contributed by atoms with van der Waals surface area (Å²) in [6, 6.07) is 5.72. The number of benzene rings is 1. The predicted molar refractivity (Wildman–Crippen MR) is 64.9 cm³/mol. The van der Waals surface area contributed by atoms with Crippen LogP contribution in [0.5, 0.6) is 5.75 Å². The molecule has 1 heterocycles. The zero-order valence-corrected chi connectivity index (χ0v) is 9.81. The maximum atomic E-state index is 9.32. The Morgan fingerprint density at radius 3 is 2.53 bits per heavy atom. The normalized spacial score (nSPS) is 17.1. The van der Waals surface area contributed by atoms with Crippen LogP contribution in [-0.4, -0.2) is 18.2 Å². The highest BCUT2D eigenvalue weighted by Crippen LogP contribution is 2.29. The Labute approximate surface area is 97.1 Å². The first-order valence-electron chi connectivity index (χ1n) is 5.27. The first kappa shape index (κ1) is 12.3. The van der Waals surface area contributed by atoms with E-state index < -0.39 is 0 Å². The average Bonchev–Trinajstić information content (AvgIpc) is 2.19. The van der Waals surface area contributed by atoms with Gasteiger partial charge < -0.3 is 10.4 Å². The number of nitrogens with one attached hydrogen (secondary N) is 1. The van der Waals surface area contributed by atoms with Crippen molar-refractivity contribution in [3.63, 3.8) is 0 Å². The molecule has 1 saturated heterocycles. The Balaban J connectivity index is 0.00000112. The fourth-order valence-electron chi connectivity index (χ4n) is 2.25. The molecule has 2 rings (SSSR count). The van der Waals surface area contributed by atoms with Gasteiger partial charge in [0.05, 0.1) is 0 Å². The van der Waals surface area contributed by atoms with Crippen molar-refractivity contribution in [2.24, 2.45) is 0 Å². The smallest absolute Gasteiger partial charge is 0.115 e. The van der Waals surface area contributed by atoms with E-state index in [0.717, 1.165) is 13.1 Å². The van der Waals surface area contributed by atoms with Gasteiger partial charge in [-0.25, -0.2) is 0 Å². The molecule has 3 heteroatoms. The van der Waals surface area contributed by atoms with Gasteiger partial charge in [-0.05, 0) is 62.0 Å². The second-order valence-electron chi connectivity index (χ2n) is 4.07. The second-order valence-corrected chi connectivity index (χ2v) is 4.07. The van der Waals surface area contributed by atoms with Crippen molar-refractivity contribution in [3.05, 3.63) is 29.3 Å². The van der Waals surface area contributed by atoms with Crippen molar-refractivity contribution in [1.82, 2.24) is 5.32 Å². The zero-order valence-electron chi connectivity index (χ0n) is 8.99. The molecule has 1 aromatic rings. The highest BCUT2D eigenvalue weighted by atomic mass is 35.5. The molecule has 0 aromatic heterocycles. The van der Waals surface area contributed by atoms with Gasteiger partial charge in [0.15, 0.2) is 0 Å². The van der Waals surface area contributed by atoms with E-state index in [-0.39, 0.29) is 12.4 Å². The summed E-state index contributed by atoms with van der Waals surface area (Å²) in [7, 11) is 0. The molecule has 84 valence electrons. The summed E-state index contributed by atoms with van der Waals surface area (Å²) in [4.78, 5) is 0. The van der Waals surface area contributed by atoms with Crippen LogP contribution in [0.25, 0.3) is 0 Å². The van der Waals surface area contributed by atoms with Crippen LogP contribution in [0, 0.1) is 6.92 Å². The molecule has 0 unspecified atom stereocenters. The molecule has 0 saturated carbocycles. The molecule has 15 heavy (non-hydrogen) atoms. The topological polar surface area (TPSA) is 32.3 Å². The molecule has 1 aliphatic rings. The van der Waals surface area contributed by atoms with E-state index in [1.54, 1.807) is 6.07 Å². The highest BCUT2D eigenvalue weighted by Gasteiger charge is 2.16. The first-order chi connectivity index (χ1) is 6.77. The van der Waals surface area contributed by atoms with Crippen molar-refractivity contribution in [3.8, 4) is 5.75 Å². The van der Waals surface area contributed by atoms with Gasteiger partial charge in [0.2, 0.25) is 0 Å². The Hall–Kier alpha value is -0.730. The molecule has 0 atom stereocenters. The van der Waals surface area contributed by atoms with Crippen molar-refractivity contribution in [2.45, 2.75) is 25.7 Å². The fraction of sp³-hybridized carbons (Fsp3) is 0.500. The monoisotopic (exact) mass is 227 g/mol. The van der Waals surface area contributed by atoms with Crippen molar-refractivity contribution in [1.29, 1.82) is 0 Å². The molecule has 0 spiro atoms. The summed E-state index contributed by atoms with van der Waals surface area (Å²) in [5.41, 5.74) is 2.63. The minimum Gasteiger partial charge on any atom is -0.508 e. The molecule has 0 radical (unpaired) electrons. The Bertz CT molecular complexity index is 321. The van der Waals surface area contributed by atoms with E-state index in [2.05, 4.69) is 18.3 Å². The fourth-order valence-corrected chi connectivity index (χ4v) is 2.25. The summed E-state index contributed by atoms with van der Waals surface area (Å²) < 4.78 is 0. The highest BCUT2D eigenvalue weighted by molar-refractivity contribution is 5.85. The number of aromatic hydroxyl groups is 1. The van der Waals surface area contributed by atoms with Crippen LogP contribution >= 0.6 is 12.4 Å². The van der Waals surface area contributed by atoms with Gasteiger partial charge in [-0.3, -0.25) is 0 Å². The van der Waals surface area contributed by atoms with E-state index in [1.807, 2.05) is 6.07 Å². The van der Waals surface area contributed by atoms with Crippen LogP contribution in [0.1, 0.15) is 29.9 Å². The van der Waals surface area contributed by atoms with Crippen LogP contribution in [0.15, 0.2) is 18.2 Å². The molecule has 0 aliphatic carbocycles. The Kier molecular flexibility index (Phi) is 4.43. The summed E-state index contributed by atoms with van der Waals surface area (Å²) in [6.07, 6.45) is 2.43. The first-order valence-corrected chi connectivity index (χ1v) is 5.27. The zero-order chi connectivity index (χ0) is 9.97. The number of piperidine rings is 1. The Morgan fingerprint density at radius 1 is 1.27 bits per heavy atom. The van der Waals surface area contributed by atoms with E-state index >= 15 is 0 Å². The molecule has 0 amide bonds. The minimum absolute atomic E-state index is 0. The minimum atomic E-state index is 0. The number of phenols is 1. The lowest BCUT2D eigenvalue weighted by Crippen LogP contribution is -2.26. The molecular weight excluding hydrogens is 210 g/mol. The third kappa shape index (κ3) is 2.86. The molecule has 2 N–H and O–H groups in total. The molecule has 0 bridgehead atoms. The van der Waals surface area contributed by atoms with Gasteiger partial charge in [-0.1, -0.05) is 6.07 Å². The van der Waals surface area contributed by atoms with E-state index in [0.29, 0.717) is 11.7 Å². The number of hydrogen-bond donors (Lipinski definition) is 2. The maximum absolute atomic E-state index is 9.32. The van der Waals surface area contributed by atoms with Crippen LogP contribution in [-0.2, 0) is 0 Å². The number of aryl methyl sites for hydroxylation is 1. The summed E-state index contributed by atoms with van der Waals surface area (Å²) >= 11 is 0. The predicted octanol–water partition coefficient (Wildman–Crippen LogP) is 2.59. The van der Waals surface area contributed by atoms with Gasteiger partial charge in [-0.2, -0.15) is 0 Å². The molecule has 1 aromatic carbocycles. The van der Waals surface area contributed by atoms with Crippen molar-refractivity contribution < 1.29 is 5.11 Å². The third-order valence-electron chi connectivity index (χ3n) is 3.03. The largest absolute Gasteiger partial charge is 0.508 e. The quantitative estimate of drug-likeness (QED) is 0.773.